The van der Waals surface area contributed by atoms with E-state index in [1.165, 1.54) is 0 Å². The van der Waals surface area contributed by atoms with Crippen LogP contribution < -0.4 is 9.47 Å². The molecule has 4 rings (SSSR count). The van der Waals surface area contributed by atoms with Crippen molar-refractivity contribution < 1.29 is 22.7 Å². The van der Waals surface area contributed by atoms with Gasteiger partial charge in [0.2, 0.25) is 5.91 Å². The molecule has 1 aromatic carbocycles. The van der Waals surface area contributed by atoms with E-state index in [4.69, 9.17) is 9.47 Å². The molecule has 3 aliphatic heterocycles. The molecular weight excluding hydrogens is 368 g/mol. The number of carbonyl (C=O) groups excluding carboxylic acids is 1. The monoisotopic (exact) mass is 394 g/mol. The molecule has 3 aliphatic rings. The standard InChI is InChI=1S/C19H26N2O5S/c1-13(2)19(22)21-6-5-20(15-11-27(23,24)12-16(15)21)10-14-3-4-17-18(9-14)26-8-7-25-17/h3-4,9,13,15-16H,5-8,10-12H2,1-2H3/t15-,16+/m1/s1. The number of hydrogen-bond donors (Lipinski definition) is 0. The predicted molar refractivity (Wildman–Crippen MR) is 101 cm³/mol. The van der Waals surface area contributed by atoms with Gasteiger partial charge in [0.15, 0.2) is 21.3 Å². The zero-order valence-corrected chi connectivity index (χ0v) is 16.6. The molecule has 0 radical (unpaired) electrons. The summed E-state index contributed by atoms with van der Waals surface area (Å²) in [5.74, 6) is 1.58. The third kappa shape index (κ3) is 3.65. The Balaban J connectivity index is 1.55. The van der Waals surface area contributed by atoms with Crippen molar-refractivity contribution in [2.24, 2.45) is 5.92 Å². The molecule has 1 amide bonds. The van der Waals surface area contributed by atoms with Crippen LogP contribution in [0.3, 0.4) is 0 Å². The van der Waals surface area contributed by atoms with E-state index in [0.29, 0.717) is 32.8 Å². The van der Waals surface area contributed by atoms with Gasteiger partial charge in [0, 0.05) is 31.6 Å². The van der Waals surface area contributed by atoms with Gasteiger partial charge in [-0.3, -0.25) is 9.69 Å². The molecule has 0 saturated carbocycles. The Kier molecular flexibility index (Phi) is 4.80. The van der Waals surface area contributed by atoms with Crippen LogP contribution in [0.5, 0.6) is 11.5 Å². The normalized spacial score (nSPS) is 26.9. The lowest BCUT2D eigenvalue weighted by molar-refractivity contribution is -0.140. The number of piperazine rings is 1. The van der Waals surface area contributed by atoms with Crippen molar-refractivity contribution in [1.82, 2.24) is 9.80 Å². The largest absolute Gasteiger partial charge is 0.486 e. The number of nitrogens with zero attached hydrogens (tertiary/aromatic N) is 2. The minimum absolute atomic E-state index is 0.0427. The lowest BCUT2D eigenvalue weighted by Crippen LogP contribution is -2.60. The third-order valence-corrected chi connectivity index (χ3v) is 7.26. The molecule has 3 heterocycles. The summed E-state index contributed by atoms with van der Waals surface area (Å²) in [6.07, 6.45) is 0. The molecule has 8 heteroatoms. The fraction of sp³-hybridized carbons (Fsp3) is 0.632. The molecule has 0 N–H and O–H groups in total. The molecule has 0 aromatic heterocycles. The van der Waals surface area contributed by atoms with Crippen LogP contribution in [-0.2, 0) is 21.2 Å². The summed E-state index contributed by atoms with van der Waals surface area (Å²) in [5, 5.41) is 0. The van der Waals surface area contributed by atoms with Crippen molar-refractivity contribution in [3.05, 3.63) is 23.8 Å². The number of hydrogen-bond acceptors (Lipinski definition) is 6. The summed E-state index contributed by atoms with van der Waals surface area (Å²) < 4.78 is 35.9. The molecule has 2 fully saturated rings. The van der Waals surface area contributed by atoms with Crippen LogP contribution in [0.4, 0.5) is 0 Å². The highest BCUT2D eigenvalue weighted by atomic mass is 32.2. The average molecular weight is 394 g/mol. The number of rotatable bonds is 3. The van der Waals surface area contributed by atoms with Crippen molar-refractivity contribution in [3.63, 3.8) is 0 Å². The highest BCUT2D eigenvalue weighted by molar-refractivity contribution is 7.91. The van der Waals surface area contributed by atoms with Gasteiger partial charge in [0.1, 0.15) is 13.2 Å². The molecule has 0 bridgehead atoms. The molecule has 2 atom stereocenters. The average Bonchev–Trinajstić information content (AvgIpc) is 2.96. The Morgan fingerprint density at radius 2 is 1.81 bits per heavy atom. The Bertz CT molecular complexity index is 839. The number of benzene rings is 1. The van der Waals surface area contributed by atoms with Crippen LogP contribution in [0.2, 0.25) is 0 Å². The van der Waals surface area contributed by atoms with Gasteiger partial charge >= 0.3 is 0 Å². The first-order chi connectivity index (χ1) is 12.8. The smallest absolute Gasteiger partial charge is 0.225 e. The van der Waals surface area contributed by atoms with Gasteiger partial charge in [-0.15, -0.1) is 0 Å². The Morgan fingerprint density at radius 1 is 1.11 bits per heavy atom. The van der Waals surface area contributed by atoms with E-state index in [-0.39, 0.29) is 35.4 Å². The van der Waals surface area contributed by atoms with Crippen LogP contribution in [0, 0.1) is 5.92 Å². The van der Waals surface area contributed by atoms with Gasteiger partial charge in [-0.05, 0) is 17.7 Å². The molecule has 0 unspecified atom stereocenters. The first-order valence-electron chi connectivity index (χ1n) is 9.47. The highest BCUT2D eigenvalue weighted by Gasteiger charge is 2.48. The van der Waals surface area contributed by atoms with Crippen molar-refractivity contribution in [1.29, 1.82) is 0 Å². The summed E-state index contributed by atoms with van der Waals surface area (Å²) in [4.78, 5) is 16.6. The van der Waals surface area contributed by atoms with Crippen molar-refractivity contribution in [2.75, 3.05) is 37.8 Å². The van der Waals surface area contributed by atoms with Crippen LogP contribution in [-0.4, -0.2) is 74.0 Å². The lowest BCUT2D eigenvalue weighted by atomic mass is 10.0. The Morgan fingerprint density at radius 3 is 2.56 bits per heavy atom. The zero-order chi connectivity index (χ0) is 19.2. The summed E-state index contributed by atoms with van der Waals surface area (Å²) >= 11 is 0. The lowest BCUT2D eigenvalue weighted by Gasteiger charge is -2.44. The minimum atomic E-state index is -3.14. The maximum absolute atomic E-state index is 12.6. The van der Waals surface area contributed by atoms with E-state index >= 15 is 0 Å². The molecule has 7 nitrogen and oxygen atoms in total. The molecule has 1 aromatic rings. The number of carbonyl (C=O) groups is 1. The van der Waals surface area contributed by atoms with Crippen LogP contribution in [0.15, 0.2) is 18.2 Å². The van der Waals surface area contributed by atoms with Crippen LogP contribution in [0.25, 0.3) is 0 Å². The SMILES string of the molecule is CC(C)C(=O)N1CCN(Cc2ccc3c(c2)OCCO3)[C@@H]2CS(=O)(=O)C[C@@H]21. The van der Waals surface area contributed by atoms with E-state index in [1.54, 1.807) is 4.90 Å². The molecule has 148 valence electrons. The number of ether oxygens (including phenoxy) is 2. The maximum atomic E-state index is 12.6. The van der Waals surface area contributed by atoms with E-state index in [9.17, 15) is 13.2 Å². The summed E-state index contributed by atoms with van der Waals surface area (Å²) in [6.45, 7) is 6.69. The van der Waals surface area contributed by atoms with Crippen molar-refractivity contribution in [2.45, 2.75) is 32.5 Å². The Labute approximate surface area is 160 Å². The quantitative estimate of drug-likeness (QED) is 0.759. The van der Waals surface area contributed by atoms with Crippen molar-refractivity contribution in [3.8, 4) is 11.5 Å². The second-order valence-corrected chi connectivity index (χ2v) is 10.0. The fourth-order valence-corrected chi connectivity index (χ4v) is 6.26. The van der Waals surface area contributed by atoms with Gasteiger partial charge in [-0.2, -0.15) is 0 Å². The van der Waals surface area contributed by atoms with Gasteiger partial charge in [-0.1, -0.05) is 19.9 Å². The highest BCUT2D eigenvalue weighted by Crippen LogP contribution is 2.33. The molecule has 0 aliphatic carbocycles. The first-order valence-corrected chi connectivity index (χ1v) is 11.3. The third-order valence-electron chi connectivity index (χ3n) is 5.56. The van der Waals surface area contributed by atoms with E-state index < -0.39 is 9.84 Å². The first kappa shape index (κ1) is 18.6. The van der Waals surface area contributed by atoms with E-state index in [0.717, 1.165) is 17.1 Å². The van der Waals surface area contributed by atoms with Gasteiger partial charge in [0.05, 0.1) is 17.5 Å². The van der Waals surface area contributed by atoms with Gasteiger partial charge < -0.3 is 14.4 Å². The number of fused-ring (bicyclic) bond motifs is 2. The second-order valence-electron chi connectivity index (χ2n) is 7.85. The zero-order valence-electron chi connectivity index (χ0n) is 15.8. The van der Waals surface area contributed by atoms with Gasteiger partial charge in [0.25, 0.3) is 0 Å². The topological polar surface area (TPSA) is 76.2 Å². The molecular formula is C19H26N2O5S. The maximum Gasteiger partial charge on any atom is 0.225 e. The summed E-state index contributed by atoms with van der Waals surface area (Å²) in [5.41, 5.74) is 1.06. The minimum Gasteiger partial charge on any atom is -0.486 e. The van der Waals surface area contributed by atoms with Gasteiger partial charge in [-0.25, -0.2) is 8.42 Å². The summed E-state index contributed by atoms with van der Waals surface area (Å²) in [6, 6.07) is 5.47. The van der Waals surface area contributed by atoms with Crippen LogP contribution in [0.1, 0.15) is 19.4 Å². The number of sulfone groups is 1. The Hall–Kier alpha value is -1.80. The number of amides is 1. The summed E-state index contributed by atoms with van der Waals surface area (Å²) in [7, 11) is -3.14. The van der Waals surface area contributed by atoms with Crippen molar-refractivity contribution >= 4 is 15.7 Å². The second kappa shape index (κ2) is 6.98. The van der Waals surface area contributed by atoms with E-state index in [1.807, 2.05) is 32.0 Å². The van der Waals surface area contributed by atoms with Crippen LogP contribution >= 0.6 is 0 Å². The van der Waals surface area contributed by atoms with E-state index in [2.05, 4.69) is 4.90 Å². The molecule has 2 saturated heterocycles. The fourth-order valence-electron chi connectivity index (χ4n) is 4.25. The predicted octanol–water partition coefficient (Wildman–Crippen LogP) is 0.924. The molecule has 0 spiro atoms. The molecule has 27 heavy (non-hydrogen) atoms.